The van der Waals surface area contributed by atoms with Gasteiger partial charge in [-0.05, 0) is 18.6 Å². The molecule has 0 N–H and O–H groups in total. The Labute approximate surface area is 147 Å². The Bertz CT molecular complexity index is 514. The van der Waals surface area contributed by atoms with Crippen LogP contribution in [0, 0.1) is 5.82 Å². The van der Waals surface area contributed by atoms with Gasteiger partial charge in [0.2, 0.25) is 0 Å². The number of carbonyl (C=O) groups is 2. The van der Waals surface area contributed by atoms with Gasteiger partial charge < -0.3 is 9.47 Å². The van der Waals surface area contributed by atoms with Crippen molar-refractivity contribution >= 4 is 23.5 Å². The van der Waals surface area contributed by atoms with E-state index in [-0.39, 0.29) is 30.0 Å². The van der Waals surface area contributed by atoms with Crippen molar-refractivity contribution in [2.75, 3.05) is 6.61 Å². The molecule has 0 aromatic heterocycles. The molecule has 0 saturated carbocycles. The lowest BCUT2D eigenvalue weighted by molar-refractivity contribution is -0.151. The van der Waals surface area contributed by atoms with Crippen LogP contribution in [0.1, 0.15) is 57.4 Å². The van der Waals surface area contributed by atoms with Gasteiger partial charge in [-0.2, -0.15) is 0 Å². The molecule has 0 fully saturated rings. The van der Waals surface area contributed by atoms with Gasteiger partial charge in [0, 0.05) is 5.56 Å². The minimum Gasteiger partial charge on any atom is -0.466 e. The van der Waals surface area contributed by atoms with E-state index in [0.29, 0.717) is 6.61 Å². The van der Waals surface area contributed by atoms with E-state index in [1.807, 2.05) is 0 Å². The monoisotopic (exact) mass is 358 g/mol. The Morgan fingerprint density at radius 1 is 1.04 bits per heavy atom. The molecule has 0 bridgehead atoms. The van der Waals surface area contributed by atoms with Crippen molar-refractivity contribution in [3.63, 3.8) is 0 Å². The Morgan fingerprint density at radius 3 is 2.38 bits per heavy atom. The average molecular weight is 359 g/mol. The normalized spacial score (nSPS) is 10.5. The lowest BCUT2D eigenvalue weighted by atomic mass is 10.2. The smallest absolute Gasteiger partial charge is 0.306 e. The summed E-state index contributed by atoms with van der Waals surface area (Å²) < 4.78 is 23.5. The molecule has 1 rings (SSSR count). The number of ether oxygens (including phenoxy) is 2. The lowest BCUT2D eigenvalue weighted by Crippen LogP contribution is -2.11. The second-order valence-corrected chi connectivity index (χ2v) is 5.90. The van der Waals surface area contributed by atoms with E-state index in [1.54, 1.807) is 0 Å². The van der Waals surface area contributed by atoms with Crippen molar-refractivity contribution in [3.8, 4) is 0 Å². The standard InChI is InChI=1S/C18H24ClFO4/c1-2-3-4-5-6-12-23-17(21)10-11-18(22)24-13-14-15(19)8-7-9-16(14)20/h7-9H,2-6,10-13H2,1H3. The molecule has 0 amide bonds. The zero-order valence-electron chi connectivity index (χ0n) is 14.0. The van der Waals surface area contributed by atoms with Crippen molar-refractivity contribution in [3.05, 3.63) is 34.6 Å². The summed E-state index contributed by atoms with van der Waals surface area (Å²) in [6, 6.07) is 4.24. The third-order valence-corrected chi connectivity index (χ3v) is 3.84. The van der Waals surface area contributed by atoms with Gasteiger partial charge in [0.1, 0.15) is 12.4 Å². The highest BCUT2D eigenvalue weighted by atomic mass is 35.5. The molecule has 0 aliphatic heterocycles. The molecular formula is C18H24ClFO4. The summed E-state index contributed by atoms with van der Waals surface area (Å²) in [5.41, 5.74) is 0.127. The van der Waals surface area contributed by atoms with E-state index < -0.39 is 17.8 Å². The summed E-state index contributed by atoms with van der Waals surface area (Å²) in [6.07, 6.45) is 5.22. The molecule has 0 radical (unpaired) electrons. The van der Waals surface area contributed by atoms with Crippen LogP contribution in [-0.2, 0) is 25.7 Å². The fraction of sp³-hybridized carbons (Fsp3) is 0.556. The van der Waals surface area contributed by atoms with Crippen molar-refractivity contribution in [2.24, 2.45) is 0 Å². The maximum absolute atomic E-state index is 13.5. The molecule has 0 aliphatic carbocycles. The van der Waals surface area contributed by atoms with Gasteiger partial charge in [-0.3, -0.25) is 9.59 Å². The Hall–Kier alpha value is -1.62. The molecule has 0 unspecified atom stereocenters. The van der Waals surface area contributed by atoms with Crippen LogP contribution in [-0.4, -0.2) is 18.5 Å². The largest absolute Gasteiger partial charge is 0.466 e. The number of carbonyl (C=O) groups excluding carboxylic acids is 2. The first-order valence-corrected chi connectivity index (χ1v) is 8.66. The molecule has 0 aliphatic rings. The van der Waals surface area contributed by atoms with Gasteiger partial charge >= 0.3 is 11.9 Å². The van der Waals surface area contributed by atoms with Gasteiger partial charge in [0.25, 0.3) is 0 Å². The molecule has 134 valence electrons. The second kappa shape index (κ2) is 11.8. The zero-order chi connectivity index (χ0) is 17.8. The molecule has 4 nitrogen and oxygen atoms in total. The highest BCUT2D eigenvalue weighted by Crippen LogP contribution is 2.20. The predicted octanol–water partition coefficient (Wildman–Crippen LogP) is 4.82. The summed E-state index contributed by atoms with van der Waals surface area (Å²) in [6.45, 7) is 2.26. The number of esters is 2. The Kier molecular flexibility index (Phi) is 10.1. The number of hydrogen-bond acceptors (Lipinski definition) is 4. The minimum atomic E-state index is -0.589. The predicted molar refractivity (Wildman–Crippen MR) is 90.2 cm³/mol. The summed E-state index contributed by atoms with van der Waals surface area (Å²) in [7, 11) is 0. The fourth-order valence-corrected chi connectivity index (χ4v) is 2.28. The zero-order valence-corrected chi connectivity index (χ0v) is 14.7. The van der Waals surface area contributed by atoms with Gasteiger partial charge in [-0.1, -0.05) is 50.3 Å². The number of hydrogen-bond donors (Lipinski definition) is 0. The van der Waals surface area contributed by atoms with Crippen LogP contribution in [0.4, 0.5) is 4.39 Å². The van der Waals surface area contributed by atoms with Crippen molar-refractivity contribution in [2.45, 2.75) is 58.5 Å². The Morgan fingerprint density at radius 2 is 1.71 bits per heavy atom. The van der Waals surface area contributed by atoms with Crippen LogP contribution < -0.4 is 0 Å². The molecule has 0 saturated heterocycles. The third-order valence-electron chi connectivity index (χ3n) is 3.48. The van der Waals surface area contributed by atoms with Crippen molar-refractivity contribution in [1.29, 1.82) is 0 Å². The lowest BCUT2D eigenvalue weighted by Gasteiger charge is -2.08. The van der Waals surface area contributed by atoms with Crippen LogP contribution >= 0.6 is 11.6 Å². The maximum atomic E-state index is 13.5. The summed E-state index contributed by atoms with van der Waals surface area (Å²) in [5.74, 6) is -1.54. The number of benzene rings is 1. The van der Waals surface area contributed by atoms with Gasteiger partial charge in [0.15, 0.2) is 0 Å². The maximum Gasteiger partial charge on any atom is 0.306 e. The first-order valence-electron chi connectivity index (χ1n) is 8.28. The molecular weight excluding hydrogens is 335 g/mol. The molecule has 0 heterocycles. The molecule has 1 aromatic rings. The van der Waals surface area contributed by atoms with Crippen LogP contribution in [0.15, 0.2) is 18.2 Å². The minimum absolute atomic E-state index is 0.0429. The summed E-state index contributed by atoms with van der Waals surface area (Å²) in [4.78, 5) is 23.1. The van der Waals surface area contributed by atoms with E-state index in [9.17, 15) is 14.0 Å². The summed E-state index contributed by atoms with van der Waals surface area (Å²) in [5, 5.41) is 0.199. The van der Waals surface area contributed by atoms with E-state index >= 15 is 0 Å². The van der Waals surface area contributed by atoms with Crippen LogP contribution in [0.2, 0.25) is 5.02 Å². The highest BCUT2D eigenvalue weighted by molar-refractivity contribution is 6.31. The Balaban J connectivity index is 2.16. The third kappa shape index (κ3) is 8.29. The van der Waals surface area contributed by atoms with Crippen LogP contribution in [0.3, 0.4) is 0 Å². The van der Waals surface area contributed by atoms with E-state index in [1.165, 1.54) is 31.0 Å². The second-order valence-electron chi connectivity index (χ2n) is 5.50. The van der Waals surface area contributed by atoms with E-state index in [2.05, 4.69) is 6.92 Å². The summed E-state index contributed by atoms with van der Waals surface area (Å²) >= 11 is 5.84. The van der Waals surface area contributed by atoms with Crippen LogP contribution in [0.5, 0.6) is 0 Å². The first-order chi connectivity index (χ1) is 11.5. The highest BCUT2D eigenvalue weighted by Gasteiger charge is 2.12. The van der Waals surface area contributed by atoms with Crippen molar-refractivity contribution in [1.82, 2.24) is 0 Å². The molecule has 0 atom stereocenters. The quantitative estimate of drug-likeness (QED) is 0.420. The van der Waals surface area contributed by atoms with Gasteiger partial charge in [-0.15, -0.1) is 0 Å². The van der Waals surface area contributed by atoms with Crippen molar-refractivity contribution < 1.29 is 23.5 Å². The fourth-order valence-electron chi connectivity index (χ4n) is 2.06. The van der Waals surface area contributed by atoms with E-state index in [0.717, 1.165) is 19.3 Å². The van der Waals surface area contributed by atoms with Crippen LogP contribution in [0.25, 0.3) is 0 Å². The van der Waals surface area contributed by atoms with E-state index in [4.69, 9.17) is 21.1 Å². The number of unbranched alkanes of at least 4 members (excludes halogenated alkanes) is 4. The molecule has 1 aromatic carbocycles. The average Bonchev–Trinajstić information content (AvgIpc) is 2.55. The topological polar surface area (TPSA) is 52.6 Å². The van der Waals surface area contributed by atoms with Gasteiger partial charge in [0.05, 0.1) is 24.5 Å². The molecule has 24 heavy (non-hydrogen) atoms. The number of rotatable bonds is 11. The first kappa shape index (κ1) is 20.4. The SMILES string of the molecule is CCCCCCCOC(=O)CCC(=O)OCc1c(F)cccc1Cl. The molecule has 6 heteroatoms. The number of halogens is 2. The molecule has 0 spiro atoms. The van der Waals surface area contributed by atoms with Gasteiger partial charge in [-0.25, -0.2) is 4.39 Å².